The Morgan fingerprint density at radius 2 is 1.78 bits per heavy atom. The number of halogens is 1. The van der Waals surface area contributed by atoms with E-state index < -0.39 is 15.9 Å². The minimum atomic E-state index is -3.59. The summed E-state index contributed by atoms with van der Waals surface area (Å²) in [6.45, 7) is 4.81. The molecule has 2 heterocycles. The number of benzene rings is 1. The second-order valence-corrected chi connectivity index (χ2v) is 12.1. The molecule has 0 aliphatic carbocycles. The topological polar surface area (TPSA) is 105 Å². The van der Waals surface area contributed by atoms with Crippen LogP contribution in [0.3, 0.4) is 0 Å². The van der Waals surface area contributed by atoms with Gasteiger partial charge in [-0.25, -0.2) is 13.4 Å². The summed E-state index contributed by atoms with van der Waals surface area (Å²) in [7, 11) is -3.59. The van der Waals surface area contributed by atoms with Gasteiger partial charge in [-0.3, -0.25) is 10.1 Å². The summed E-state index contributed by atoms with van der Waals surface area (Å²) in [5.41, 5.74) is 0.324. The first-order valence-corrected chi connectivity index (χ1v) is 13.7. The third kappa shape index (κ3) is 6.29. The number of nitrogens with one attached hydrogen (secondary N) is 1. The Hall–Kier alpha value is -1.99. The molecular formula is C20H22BrN5O3S3. The third-order valence-electron chi connectivity index (χ3n) is 4.23. The Bertz CT molecular complexity index is 1180. The summed E-state index contributed by atoms with van der Waals surface area (Å²) < 4.78 is 28.2. The molecule has 0 unspecified atom stereocenters. The molecule has 3 rings (SSSR count). The predicted molar refractivity (Wildman–Crippen MR) is 133 cm³/mol. The van der Waals surface area contributed by atoms with Crippen molar-refractivity contribution in [1.29, 1.82) is 0 Å². The van der Waals surface area contributed by atoms with Gasteiger partial charge < -0.3 is 0 Å². The van der Waals surface area contributed by atoms with Crippen molar-refractivity contribution in [2.75, 3.05) is 18.4 Å². The van der Waals surface area contributed by atoms with Crippen molar-refractivity contribution in [2.45, 2.75) is 31.6 Å². The Labute approximate surface area is 203 Å². The van der Waals surface area contributed by atoms with Gasteiger partial charge >= 0.3 is 0 Å². The predicted octanol–water partition coefficient (Wildman–Crippen LogP) is 5.18. The number of aromatic nitrogens is 2. The molecule has 1 N–H and O–H groups in total. The second kappa shape index (κ2) is 11.2. The average molecular weight is 557 g/mol. The van der Waals surface area contributed by atoms with E-state index in [1.807, 2.05) is 26.0 Å². The van der Waals surface area contributed by atoms with Crippen LogP contribution in [0.25, 0.3) is 0 Å². The maximum Gasteiger partial charge on any atom is 0.257 e. The largest absolute Gasteiger partial charge is 0.296 e. The lowest BCUT2D eigenvalue weighted by Crippen LogP contribution is -2.32. The lowest BCUT2D eigenvalue weighted by molar-refractivity contribution is 0.102. The first-order valence-electron chi connectivity index (χ1n) is 9.88. The molecule has 0 atom stereocenters. The molecule has 12 heteroatoms. The minimum absolute atomic E-state index is 0.170. The molecule has 0 aliphatic heterocycles. The van der Waals surface area contributed by atoms with Crippen LogP contribution in [0, 0.1) is 0 Å². The van der Waals surface area contributed by atoms with Gasteiger partial charge in [0, 0.05) is 29.7 Å². The van der Waals surface area contributed by atoms with E-state index in [1.165, 1.54) is 39.9 Å². The molecule has 8 nitrogen and oxygen atoms in total. The van der Waals surface area contributed by atoms with E-state index in [0.29, 0.717) is 28.9 Å². The van der Waals surface area contributed by atoms with Crippen molar-refractivity contribution in [3.63, 3.8) is 0 Å². The summed E-state index contributed by atoms with van der Waals surface area (Å²) >= 11 is 6.08. The maximum atomic E-state index is 12.8. The first kappa shape index (κ1) is 24.6. The Balaban J connectivity index is 1.66. The molecule has 32 heavy (non-hydrogen) atoms. The molecule has 0 aliphatic rings. The van der Waals surface area contributed by atoms with Gasteiger partial charge in [0.25, 0.3) is 5.91 Å². The van der Waals surface area contributed by atoms with Gasteiger partial charge in [-0.15, -0.1) is 21.5 Å². The number of hydrogen-bond acceptors (Lipinski definition) is 8. The number of rotatable bonds is 10. The van der Waals surface area contributed by atoms with Gasteiger partial charge in [0.1, 0.15) is 0 Å². The van der Waals surface area contributed by atoms with Gasteiger partial charge in [-0.05, 0) is 65.2 Å². The van der Waals surface area contributed by atoms with E-state index in [9.17, 15) is 13.2 Å². The fourth-order valence-electron chi connectivity index (χ4n) is 2.78. The van der Waals surface area contributed by atoms with Crippen LogP contribution in [0.5, 0.6) is 0 Å². The van der Waals surface area contributed by atoms with Crippen molar-refractivity contribution >= 4 is 71.0 Å². The van der Waals surface area contributed by atoms with Gasteiger partial charge in [0.15, 0.2) is 0 Å². The monoisotopic (exact) mass is 555 g/mol. The van der Waals surface area contributed by atoms with E-state index in [2.05, 4.69) is 36.4 Å². The highest BCUT2D eigenvalue weighted by molar-refractivity contribution is 9.11. The molecule has 2 aromatic heterocycles. The van der Waals surface area contributed by atoms with Crippen LogP contribution >= 0.6 is 38.6 Å². The number of sulfonamides is 1. The van der Waals surface area contributed by atoms with Crippen molar-refractivity contribution in [3.05, 3.63) is 50.6 Å². The van der Waals surface area contributed by atoms with E-state index in [1.54, 1.807) is 6.21 Å². The average Bonchev–Trinajstić information content (AvgIpc) is 3.40. The number of carbonyl (C=O) groups excluding carboxylic acids is 1. The fraction of sp³-hybridized carbons (Fsp3) is 0.300. The van der Waals surface area contributed by atoms with Crippen molar-refractivity contribution in [1.82, 2.24) is 14.5 Å². The van der Waals surface area contributed by atoms with Crippen LogP contribution in [0.4, 0.5) is 10.3 Å². The Morgan fingerprint density at radius 3 is 2.38 bits per heavy atom. The lowest BCUT2D eigenvalue weighted by atomic mass is 10.2. The number of hydrogen-bond donors (Lipinski definition) is 1. The van der Waals surface area contributed by atoms with Crippen LogP contribution in [0.15, 0.2) is 50.1 Å². The number of anilines is 1. The number of aliphatic imine (C=N–C) groups is 1. The third-order valence-corrected chi connectivity index (χ3v) is 8.45. The number of nitrogens with zero attached hydrogens (tertiary/aromatic N) is 4. The zero-order valence-electron chi connectivity index (χ0n) is 17.5. The molecule has 0 bridgehead atoms. The maximum absolute atomic E-state index is 12.8. The number of carbonyl (C=O) groups is 1. The second-order valence-electron chi connectivity index (χ2n) is 6.67. The molecule has 3 aromatic rings. The molecule has 1 amide bonds. The highest BCUT2D eigenvalue weighted by Gasteiger charge is 2.23. The van der Waals surface area contributed by atoms with E-state index in [0.717, 1.165) is 32.8 Å². The summed E-state index contributed by atoms with van der Waals surface area (Å²) in [6, 6.07) is 9.75. The quantitative estimate of drug-likeness (QED) is 0.347. The summed E-state index contributed by atoms with van der Waals surface area (Å²) in [4.78, 5) is 17.9. The summed E-state index contributed by atoms with van der Waals surface area (Å²) in [5.74, 6) is -0.401. The van der Waals surface area contributed by atoms with Crippen molar-refractivity contribution in [3.8, 4) is 0 Å². The molecule has 0 spiro atoms. The fourth-order valence-corrected chi connectivity index (χ4v) is 6.29. The van der Waals surface area contributed by atoms with E-state index >= 15 is 0 Å². The van der Waals surface area contributed by atoms with Crippen LogP contribution < -0.4 is 5.32 Å². The summed E-state index contributed by atoms with van der Waals surface area (Å²) in [6.07, 6.45) is 3.15. The molecule has 0 radical (unpaired) electrons. The molecule has 170 valence electrons. The standard InChI is InChI=1S/C20H22BrN5O3S3/c1-3-11-26(12-4-2)32(28,29)16-8-5-14(6-9-16)18(27)23-20-25-24-19(31-20)22-13-15-7-10-17(21)30-15/h5-10,13H,3-4,11-12H2,1-2H3,(H,23,25,27). The van der Waals surface area contributed by atoms with Gasteiger partial charge in [0.05, 0.1) is 8.68 Å². The zero-order valence-corrected chi connectivity index (χ0v) is 21.5. The van der Waals surface area contributed by atoms with Crippen LogP contribution in [0.1, 0.15) is 41.9 Å². The SMILES string of the molecule is CCCN(CCC)S(=O)(=O)c1ccc(C(=O)Nc2nnc(N=Cc3ccc(Br)s3)s2)cc1. The molecular weight excluding hydrogens is 534 g/mol. The molecule has 0 saturated carbocycles. The normalized spacial score (nSPS) is 12.0. The van der Waals surface area contributed by atoms with Crippen molar-refractivity contribution in [2.24, 2.45) is 4.99 Å². The van der Waals surface area contributed by atoms with Gasteiger partial charge in [-0.2, -0.15) is 4.31 Å². The molecule has 0 fully saturated rings. The van der Waals surface area contributed by atoms with Gasteiger partial charge in [0.2, 0.25) is 20.3 Å². The Morgan fingerprint density at radius 1 is 1.09 bits per heavy atom. The highest BCUT2D eigenvalue weighted by atomic mass is 79.9. The van der Waals surface area contributed by atoms with E-state index in [4.69, 9.17) is 0 Å². The number of thiophene rings is 1. The molecule has 1 aromatic carbocycles. The van der Waals surface area contributed by atoms with Crippen LogP contribution in [-0.2, 0) is 10.0 Å². The zero-order chi connectivity index (χ0) is 23.1. The highest BCUT2D eigenvalue weighted by Crippen LogP contribution is 2.25. The van der Waals surface area contributed by atoms with Crippen LogP contribution in [0.2, 0.25) is 0 Å². The Kier molecular flexibility index (Phi) is 8.65. The molecule has 0 saturated heterocycles. The van der Waals surface area contributed by atoms with Crippen molar-refractivity contribution < 1.29 is 13.2 Å². The van der Waals surface area contributed by atoms with Gasteiger partial charge in [-0.1, -0.05) is 25.2 Å². The smallest absolute Gasteiger partial charge is 0.257 e. The summed E-state index contributed by atoms with van der Waals surface area (Å²) in [5, 5.41) is 11.3. The van der Waals surface area contributed by atoms with E-state index in [-0.39, 0.29) is 4.90 Å². The lowest BCUT2D eigenvalue weighted by Gasteiger charge is -2.21. The van der Waals surface area contributed by atoms with Crippen LogP contribution in [-0.4, -0.2) is 48.1 Å². The minimum Gasteiger partial charge on any atom is -0.296 e. The first-order chi connectivity index (χ1) is 15.3. The number of amides is 1.